The van der Waals surface area contributed by atoms with Crippen molar-refractivity contribution in [1.29, 1.82) is 0 Å². The fourth-order valence-corrected chi connectivity index (χ4v) is 1.43. The minimum atomic E-state index is -0.611. The van der Waals surface area contributed by atoms with Crippen molar-refractivity contribution < 1.29 is 9.59 Å². The van der Waals surface area contributed by atoms with Gasteiger partial charge in [-0.3, -0.25) is 9.59 Å². The van der Waals surface area contributed by atoms with Crippen LogP contribution in [0.4, 0.5) is 0 Å². The highest BCUT2D eigenvalue weighted by Crippen LogP contribution is 2.20. The van der Waals surface area contributed by atoms with E-state index in [1.165, 1.54) is 0 Å². The number of rotatable bonds is 3. The Morgan fingerprint density at radius 2 is 2.23 bits per heavy atom. The van der Waals surface area contributed by atoms with E-state index in [9.17, 15) is 9.59 Å². The Bertz CT molecular complexity index is 236. The smallest absolute Gasteiger partial charge is 0.224 e. The van der Waals surface area contributed by atoms with Crippen LogP contribution < -0.4 is 5.73 Å². The Labute approximate surface area is 78.1 Å². The molecule has 13 heavy (non-hydrogen) atoms. The van der Waals surface area contributed by atoms with Gasteiger partial charge in [0.15, 0.2) is 0 Å². The van der Waals surface area contributed by atoms with Gasteiger partial charge in [0.05, 0.1) is 5.41 Å². The summed E-state index contributed by atoms with van der Waals surface area (Å²) in [6.07, 6.45) is 1.50. The van der Waals surface area contributed by atoms with E-state index in [1.54, 1.807) is 18.7 Å². The van der Waals surface area contributed by atoms with Crippen LogP contribution in [0.3, 0.4) is 0 Å². The second-order valence-corrected chi connectivity index (χ2v) is 4.17. The van der Waals surface area contributed by atoms with Gasteiger partial charge in [-0.15, -0.1) is 0 Å². The number of likely N-dealkylation sites (tertiary alicyclic amines) is 1. The summed E-state index contributed by atoms with van der Waals surface area (Å²) in [7, 11) is 0. The summed E-state index contributed by atoms with van der Waals surface area (Å²) >= 11 is 0. The van der Waals surface area contributed by atoms with E-state index in [0.29, 0.717) is 13.0 Å². The molecule has 1 heterocycles. The summed E-state index contributed by atoms with van der Waals surface area (Å²) < 4.78 is 0. The van der Waals surface area contributed by atoms with Crippen molar-refractivity contribution in [2.75, 3.05) is 13.1 Å². The molecular weight excluding hydrogens is 168 g/mol. The van der Waals surface area contributed by atoms with Gasteiger partial charge < -0.3 is 10.6 Å². The molecule has 2 amide bonds. The largest absolute Gasteiger partial charge is 0.369 e. The first-order chi connectivity index (χ1) is 5.93. The molecule has 0 aromatic heterocycles. The predicted molar refractivity (Wildman–Crippen MR) is 48.8 cm³/mol. The molecule has 0 bridgehead atoms. The maximum absolute atomic E-state index is 11.2. The third-order valence-corrected chi connectivity index (χ3v) is 2.42. The molecule has 0 aromatic rings. The molecule has 1 fully saturated rings. The number of amides is 2. The van der Waals surface area contributed by atoms with Crippen LogP contribution in [-0.2, 0) is 9.59 Å². The van der Waals surface area contributed by atoms with Gasteiger partial charge in [-0.05, 0) is 20.3 Å². The van der Waals surface area contributed by atoms with Crippen molar-refractivity contribution >= 4 is 11.8 Å². The van der Waals surface area contributed by atoms with Crippen molar-refractivity contribution in [3.8, 4) is 0 Å². The summed E-state index contributed by atoms with van der Waals surface area (Å²) in [5.74, 6) is -0.221. The van der Waals surface area contributed by atoms with Gasteiger partial charge in [-0.2, -0.15) is 0 Å². The third-order valence-electron chi connectivity index (χ3n) is 2.42. The van der Waals surface area contributed by atoms with Gasteiger partial charge in [0.1, 0.15) is 0 Å². The van der Waals surface area contributed by atoms with E-state index in [4.69, 9.17) is 5.73 Å². The zero-order chi connectivity index (χ0) is 10.1. The first-order valence-corrected chi connectivity index (χ1v) is 4.51. The summed E-state index contributed by atoms with van der Waals surface area (Å²) in [5.41, 5.74) is 4.61. The number of hydrogen-bond donors (Lipinski definition) is 1. The molecule has 0 spiro atoms. The van der Waals surface area contributed by atoms with E-state index in [1.807, 2.05) is 0 Å². The topological polar surface area (TPSA) is 63.4 Å². The summed E-state index contributed by atoms with van der Waals surface area (Å²) in [4.78, 5) is 24.0. The lowest BCUT2D eigenvalue weighted by molar-refractivity contribution is -0.132. The molecule has 1 saturated heterocycles. The quantitative estimate of drug-likeness (QED) is 0.677. The highest BCUT2D eigenvalue weighted by atomic mass is 16.2. The number of hydrogen-bond acceptors (Lipinski definition) is 2. The van der Waals surface area contributed by atoms with Gasteiger partial charge >= 0.3 is 0 Å². The molecule has 0 atom stereocenters. The van der Waals surface area contributed by atoms with Crippen molar-refractivity contribution in [3.63, 3.8) is 0 Å². The van der Waals surface area contributed by atoms with Crippen molar-refractivity contribution in [1.82, 2.24) is 4.90 Å². The minimum absolute atomic E-state index is 0.134. The monoisotopic (exact) mass is 184 g/mol. The zero-order valence-corrected chi connectivity index (χ0v) is 8.17. The summed E-state index contributed by atoms with van der Waals surface area (Å²) in [5, 5.41) is 0. The molecule has 1 rings (SSSR count). The average molecular weight is 184 g/mol. The number of nitrogens with two attached hydrogens (primary N) is 1. The van der Waals surface area contributed by atoms with Crippen LogP contribution in [0.25, 0.3) is 0 Å². The second-order valence-electron chi connectivity index (χ2n) is 4.17. The predicted octanol–water partition coefficient (Wildman–Crippen LogP) is 0.120. The Hall–Kier alpha value is -1.06. The van der Waals surface area contributed by atoms with Crippen LogP contribution in [0.1, 0.15) is 26.7 Å². The number of nitrogens with zero attached hydrogens (tertiary/aromatic N) is 1. The molecule has 1 aliphatic heterocycles. The molecule has 0 saturated carbocycles. The molecule has 0 radical (unpaired) electrons. The van der Waals surface area contributed by atoms with Gasteiger partial charge in [0.25, 0.3) is 0 Å². The van der Waals surface area contributed by atoms with Gasteiger partial charge in [-0.25, -0.2) is 0 Å². The first-order valence-electron chi connectivity index (χ1n) is 4.51. The van der Waals surface area contributed by atoms with E-state index >= 15 is 0 Å². The van der Waals surface area contributed by atoms with Crippen molar-refractivity contribution in [2.45, 2.75) is 26.7 Å². The molecular formula is C9H16N2O2. The van der Waals surface area contributed by atoms with Crippen LogP contribution in [0.15, 0.2) is 0 Å². The Morgan fingerprint density at radius 3 is 2.62 bits per heavy atom. The fourth-order valence-electron chi connectivity index (χ4n) is 1.43. The lowest BCUT2D eigenvalue weighted by atomic mass is 9.92. The molecule has 74 valence electrons. The highest BCUT2D eigenvalue weighted by Gasteiger charge is 2.31. The van der Waals surface area contributed by atoms with Crippen LogP contribution in [0.5, 0.6) is 0 Å². The lowest BCUT2D eigenvalue weighted by Gasteiger charge is -2.26. The molecule has 4 heteroatoms. The van der Waals surface area contributed by atoms with Gasteiger partial charge in [0, 0.05) is 19.5 Å². The maximum atomic E-state index is 11.2. The Morgan fingerprint density at radius 1 is 1.62 bits per heavy atom. The van der Waals surface area contributed by atoms with Crippen molar-refractivity contribution in [2.24, 2.45) is 11.1 Å². The average Bonchev–Trinajstić information content (AvgIpc) is 2.35. The van der Waals surface area contributed by atoms with Crippen LogP contribution >= 0.6 is 0 Å². The van der Waals surface area contributed by atoms with E-state index in [-0.39, 0.29) is 11.8 Å². The third kappa shape index (κ3) is 2.20. The van der Waals surface area contributed by atoms with E-state index < -0.39 is 5.41 Å². The standard InChI is InChI=1S/C9H16N2O2/c1-9(2,8(10)13)6-11-5-3-4-7(11)12/h3-6H2,1-2H3,(H2,10,13). The minimum Gasteiger partial charge on any atom is -0.369 e. The number of carbonyl (C=O) groups is 2. The normalized spacial score (nSPS) is 18.0. The lowest BCUT2D eigenvalue weighted by Crippen LogP contribution is -2.43. The maximum Gasteiger partial charge on any atom is 0.224 e. The van der Waals surface area contributed by atoms with Crippen molar-refractivity contribution in [3.05, 3.63) is 0 Å². The highest BCUT2D eigenvalue weighted by molar-refractivity contribution is 5.82. The van der Waals surface area contributed by atoms with Crippen LogP contribution in [0.2, 0.25) is 0 Å². The summed E-state index contributed by atoms with van der Waals surface area (Å²) in [6.45, 7) is 4.73. The molecule has 0 aromatic carbocycles. The van der Waals surface area contributed by atoms with Gasteiger partial charge in [-0.1, -0.05) is 0 Å². The SMILES string of the molecule is CC(C)(CN1CCCC1=O)C(N)=O. The van der Waals surface area contributed by atoms with E-state index in [2.05, 4.69) is 0 Å². The molecule has 0 aliphatic carbocycles. The molecule has 2 N–H and O–H groups in total. The molecule has 4 nitrogen and oxygen atoms in total. The zero-order valence-electron chi connectivity index (χ0n) is 8.17. The number of primary amides is 1. The van der Waals surface area contributed by atoms with E-state index in [0.717, 1.165) is 13.0 Å². The molecule has 0 unspecified atom stereocenters. The Balaban J connectivity index is 2.57. The van der Waals surface area contributed by atoms with Gasteiger partial charge in [0.2, 0.25) is 11.8 Å². The van der Waals surface area contributed by atoms with Crippen LogP contribution in [-0.4, -0.2) is 29.8 Å². The summed E-state index contributed by atoms with van der Waals surface area (Å²) in [6, 6.07) is 0. The number of carbonyl (C=O) groups excluding carboxylic acids is 2. The first kappa shape index (κ1) is 10.0. The van der Waals surface area contributed by atoms with Crippen LogP contribution in [0, 0.1) is 5.41 Å². The second kappa shape index (κ2) is 3.36. The molecule has 1 aliphatic rings. The Kier molecular flexibility index (Phi) is 2.59. The fraction of sp³-hybridized carbons (Fsp3) is 0.778.